The number of hydrogen-bond donors (Lipinski definition) is 0. The maximum absolute atomic E-state index is 3.65. The van der Waals surface area contributed by atoms with Crippen molar-refractivity contribution in [2.75, 3.05) is 0 Å². The van der Waals surface area contributed by atoms with Gasteiger partial charge in [0.05, 0.1) is 0 Å². The second-order valence-corrected chi connectivity index (χ2v) is 19.3. The molecule has 0 nitrogen and oxygen atoms in total. The number of halogens is 2. The van der Waals surface area contributed by atoms with E-state index in [-0.39, 0.29) is 35.6 Å². The van der Waals surface area contributed by atoms with Crippen LogP contribution in [-0.2, 0) is 59.7 Å². The van der Waals surface area contributed by atoms with Crippen molar-refractivity contribution in [3.63, 3.8) is 0 Å². The first-order chi connectivity index (χ1) is 25.3. The van der Waals surface area contributed by atoms with Gasteiger partial charge in [-0.25, -0.2) is 11.6 Å². The molecule has 0 radical (unpaired) electrons. The van der Waals surface area contributed by atoms with Crippen molar-refractivity contribution in [1.29, 1.82) is 0 Å². The summed E-state index contributed by atoms with van der Waals surface area (Å²) in [7, 11) is 0. The van der Waals surface area contributed by atoms with Gasteiger partial charge in [0.15, 0.2) is 0 Å². The van der Waals surface area contributed by atoms with E-state index in [1.165, 1.54) is 122 Å². The summed E-state index contributed by atoms with van der Waals surface area (Å²) < 4.78 is 1.42. The van der Waals surface area contributed by atoms with Crippen LogP contribution < -0.4 is 24.8 Å². The van der Waals surface area contributed by atoms with Gasteiger partial charge in [-0.15, -0.1) is 11.6 Å². The summed E-state index contributed by atoms with van der Waals surface area (Å²) >= 11 is 1.46. The van der Waals surface area contributed by atoms with Crippen LogP contribution >= 0.6 is 0 Å². The summed E-state index contributed by atoms with van der Waals surface area (Å²) in [5.74, 6) is 0. The zero-order chi connectivity index (χ0) is 39.3. The molecule has 0 amide bonds. The maximum Gasteiger partial charge on any atom is -1.00 e. The number of benzene rings is 4. The molecule has 0 unspecified atom stereocenters. The minimum Gasteiger partial charge on any atom is -1.00 e. The fourth-order valence-electron chi connectivity index (χ4n) is 8.70. The Balaban J connectivity index is 0.000000196. The van der Waals surface area contributed by atoms with Crippen LogP contribution in [0.15, 0.2) is 91.0 Å². The Morgan fingerprint density at radius 1 is 0.679 bits per heavy atom. The molecule has 5 aromatic carbocycles. The van der Waals surface area contributed by atoms with E-state index in [0.29, 0.717) is 5.41 Å². The number of fused-ring (bicyclic) bond motifs is 5. The van der Waals surface area contributed by atoms with Crippen LogP contribution in [-0.4, -0.2) is 3.21 Å². The van der Waals surface area contributed by atoms with Gasteiger partial charge in [-0.3, -0.25) is 6.08 Å². The first-order valence-corrected chi connectivity index (χ1v) is 21.2. The van der Waals surface area contributed by atoms with Gasteiger partial charge in [0.1, 0.15) is 0 Å². The predicted octanol–water partition coefficient (Wildman–Crippen LogP) is 7.70. The standard InChI is InChI=1S/C25H25.C15H14.C13H21.2ClH.Zr/c1-14-12-24(3,4)22-8-16-7-17-9-23-19(15(2)13-25(23,5)6)11-21(17)20(16)10-18(14)22;1-12-3-7-14(8-4-12)11-15-9-5-13(2)6-10-15;1-6-10-8-11(7-2)12(9-10)13(3,4)5;;;/h8-12H,7H2,1-6H3;3-10H,1-2H3;8-9H,6-7H2,1-5H3;2*1H;/q-1;;-1;;;+2/p-2. The maximum atomic E-state index is 3.65. The molecule has 3 aliphatic carbocycles. The smallest absolute Gasteiger partial charge is 1.00 e. The van der Waals surface area contributed by atoms with Gasteiger partial charge in [-0.2, -0.15) is 28.3 Å². The van der Waals surface area contributed by atoms with Gasteiger partial charge in [0, 0.05) is 5.41 Å². The van der Waals surface area contributed by atoms with Crippen molar-refractivity contribution in [2.24, 2.45) is 0 Å². The third kappa shape index (κ3) is 9.33. The minimum absolute atomic E-state index is 0. The summed E-state index contributed by atoms with van der Waals surface area (Å²) in [5, 5.41) is 0. The van der Waals surface area contributed by atoms with Crippen molar-refractivity contribution in [2.45, 2.75) is 126 Å². The van der Waals surface area contributed by atoms with E-state index in [0.717, 1.165) is 19.3 Å². The van der Waals surface area contributed by atoms with Crippen LogP contribution in [0.25, 0.3) is 22.3 Å². The summed E-state index contributed by atoms with van der Waals surface area (Å²) in [6, 6.07) is 32.1. The number of hydrogen-bond acceptors (Lipinski definition) is 0. The Morgan fingerprint density at radius 3 is 1.64 bits per heavy atom. The second-order valence-electron chi connectivity index (χ2n) is 18.1. The molecule has 0 bridgehead atoms. The Bertz CT molecular complexity index is 2150. The normalized spacial score (nSPS) is 14.9. The molecule has 0 aromatic heterocycles. The summed E-state index contributed by atoms with van der Waals surface area (Å²) in [5.41, 5.74) is 24.7. The molecular formula is C53H60Cl2Zr-2. The molecule has 0 spiro atoms. The number of aryl methyl sites for hydroxylation is 4. The third-order valence-electron chi connectivity index (χ3n) is 11.7. The van der Waals surface area contributed by atoms with Gasteiger partial charge in [-0.1, -0.05) is 111 Å². The first-order valence-electron chi connectivity index (χ1n) is 20.0. The van der Waals surface area contributed by atoms with Crippen LogP contribution in [0.3, 0.4) is 0 Å². The van der Waals surface area contributed by atoms with Crippen molar-refractivity contribution in [3.8, 4) is 11.1 Å². The molecule has 0 saturated carbocycles. The van der Waals surface area contributed by atoms with Crippen LogP contribution in [0.4, 0.5) is 0 Å². The largest absolute Gasteiger partial charge is 1.00 e. The zero-order valence-corrected chi connectivity index (χ0v) is 40.0. The molecule has 0 heterocycles. The second kappa shape index (κ2) is 17.5. The topological polar surface area (TPSA) is 0 Å². The van der Waals surface area contributed by atoms with Crippen LogP contribution in [0.1, 0.15) is 148 Å². The summed E-state index contributed by atoms with van der Waals surface area (Å²) in [6.45, 7) is 29.3. The van der Waals surface area contributed by atoms with Gasteiger partial charge < -0.3 is 24.8 Å². The Morgan fingerprint density at radius 2 is 1.18 bits per heavy atom. The van der Waals surface area contributed by atoms with E-state index in [1.807, 2.05) is 0 Å². The summed E-state index contributed by atoms with van der Waals surface area (Å²) in [6.07, 6.45) is 9.45. The van der Waals surface area contributed by atoms with E-state index >= 15 is 0 Å². The SMILES string of the molecule is CC1=[C-]C(C)(C)c2cc3c(cc21)-c1cc2c(cc1C3)C(C)(C)C=C2C.CCc1cc(C(C)(C)C)c(CC)[cH-]1.Cc1ccc([C](=[Zr+2])c2ccc(C)cc2)cc1.[Cl-].[Cl-]. The molecule has 56 heavy (non-hydrogen) atoms. The van der Waals surface area contributed by atoms with E-state index in [2.05, 4.69) is 187 Å². The number of rotatable bonds is 4. The van der Waals surface area contributed by atoms with Crippen molar-refractivity contribution in [1.82, 2.24) is 0 Å². The van der Waals surface area contributed by atoms with E-state index in [9.17, 15) is 0 Å². The molecule has 8 rings (SSSR count). The van der Waals surface area contributed by atoms with Gasteiger partial charge in [0.25, 0.3) is 0 Å². The molecule has 292 valence electrons. The van der Waals surface area contributed by atoms with Crippen LogP contribution in [0.5, 0.6) is 0 Å². The van der Waals surface area contributed by atoms with E-state index in [4.69, 9.17) is 0 Å². The molecule has 0 fully saturated rings. The summed E-state index contributed by atoms with van der Waals surface area (Å²) in [4.78, 5) is 0. The fraction of sp³-hybridized carbons (Fsp3) is 0.358. The quantitative estimate of drug-likeness (QED) is 0.160. The van der Waals surface area contributed by atoms with Crippen molar-refractivity contribution < 1.29 is 49.0 Å². The van der Waals surface area contributed by atoms with Crippen molar-refractivity contribution in [3.05, 3.63) is 169 Å². The Hall–Kier alpha value is -2.96. The Labute approximate surface area is 366 Å². The number of allylic oxidation sites excluding steroid dienone is 4. The van der Waals surface area contributed by atoms with E-state index < -0.39 is 0 Å². The van der Waals surface area contributed by atoms with Crippen molar-refractivity contribution >= 4 is 14.4 Å². The minimum atomic E-state index is 0. The first kappa shape index (κ1) is 45.7. The average Bonchev–Trinajstić information content (AvgIpc) is 3.83. The monoisotopic (exact) mass is 856 g/mol. The Kier molecular flexibility index (Phi) is 14.3. The molecule has 0 aliphatic heterocycles. The van der Waals surface area contributed by atoms with Crippen LogP contribution in [0, 0.1) is 19.9 Å². The van der Waals surface area contributed by atoms with Crippen LogP contribution in [0.2, 0.25) is 0 Å². The van der Waals surface area contributed by atoms with Gasteiger partial charge in [0.2, 0.25) is 0 Å². The molecule has 3 heteroatoms. The van der Waals surface area contributed by atoms with Gasteiger partial charge in [-0.05, 0) is 58.4 Å². The molecule has 0 atom stereocenters. The third-order valence-corrected chi connectivity index (χ3v) is 13.2. The molecular weight excluding hydrogens is 799 g/mol. The average molecular weight is 859 g/mol. The fourth-order valence-corrected chi connectivity index (χ4v) is 9.52. The molecule has 0 saturated heterocycles. The molecule has 3 aliphatic rings. The van der Waals surface area contributed by atoms with E-state index in [1.54, 1.807) is 0 Å². The molecule has 5 aromatic rings. The predicted molar refractivity (Wildman–Crippen MR) is 232 cm³/mol. The molecule has 0 N–H and O–H groups in total. The zero-order valence-electron chi connectivity index (χ0n) is 36.0. The van der Waals surface area contributed by atoms with Gasteiger partial charge >= 0.3 is 112 Å².